The topological polar surface area (TPSA) is 85.8 Å². The summed E-state index contributed by atoms with van der Waals surface area (Å²) in [6.07, 6.45) is 0. The predicted octanol–water partition coefficient (Wildman–Crippen LogP) is 3.35. The smallest absolute Gasteiger partial charge is 0.277 e. The van der Waals surface area contributed by atoms with Gasteiger partial charge in [-0.15, -0.1) is 10.2 Å². The molecule has 0 aliphatic heterocycles. The molecule has 136 valence electrons. The van der Waals surface area contributed by atoms with Crippen molar-refractivity contribution in [3.63, 3.8) is 0 Å². The molecular weight excluding hydrogens is 357 g/mol. The first-order valence-corrected chi connectivity index (χ1v) is 8.81. The van der Waals surface area contributed by atoms with Crippen LogP contribution in [0.15, 0.2) is 33.9 Å². The lowest BCUT2D eigenvalue weighted by Crippen LogP contribution is -2.23. The third-order valence-corrected chi connectivity index (χ3v) is 4.85. The third kappa shape index (κ3) is 3.62. The predicted molar refractivity (Wildman–Crippen MR) is 96.3 cm³/mol. The van der Waals surface area contributed by atoms with Gasteiger partial charge in [-0.1, -0.05) is 23.9 Å². The van der Waals surface area contributed by atoms with Gasteiger partial charge in [-0.05, 0) is 32.9 Å². The van der Waals surface area contributed by atoms with Gasteiger partial charge in [0.05, 0.1) is 27.9 Å². The first kappa shape index (κ1) is 18.1. The Morgan fingerprint density at radius 3 is 2.69 bits per heavy atom. The van der Waals surface area contributed by atoms with Crippen LogP contribution < -0.4 is 5.32 Å². The van der Waals surface area contributed by atoms with Crippen LogP contribution in [-0.4, -0.2) is 31.1 Å². The number of aryl methyl sites for hydroxylation is 2. The SMILES string of the molecule is Cc1nn(C)c(C)c1NC(=O)[C@H](C)Sc1nnc(-c2ccccc2F)o1. The molecule has 2 heterocycles. The van der Waals surface area contributed by atoms with E-state index in [2.05, 4.69) is 20.6 Å². The highest BCUT2D eigenvalue weighted by Crippen LogP contribution is 2.28. The van der Waals surface area contributed by atoms with Crippen LogP contribution in [0.4, 0.5) is 10.1 Å². The van der Waals surface area contributed by atoms with Crippen molar-refractivity contribution in [3.05, 3.63) is 41.5 Å². The monoisotopic (exact) mass is 375 g/mol. The summed E-state index contributed by atoms with van der Waals surface area (Å²) in [7, 11) is 1.82. The molecule has 0 saturated carbocycles. The van der Waals surface area contributed by atoms with E-state index in [9.17, 15) is 9.18 Å². The molecule has 0 radical (unpaired) electrons. The Kier molecular flexibility index (Phi) is 5.08. The van der Waals surface area contributed by atoms with Crippen LogP contribution in [0, 0.1) is 19.7 Å². The van der Waals surface area contributed by atoms with E-state index in [1.54, 1.807) is 29.8 Å². The molecule has 26 heavy (non-hydrogen) atoms. The van der Waals surface area contributed by atoms with Gasteiger partial charge < -0.3 is 9.73 Å². The maximum atomic E-state index is 13.8. The van der Waals surface area contributed by atoms with E-state index in [1.807, 2.05) is 20.9 Å². The Morgan fingerprint density at radius 1 is 1.31 bits per heavy atom. The molecule has 0 aliphatic carbocycles. The second kappa shape index (κ2) is 7.28. The molecule has 0 spiro atoms. The van der Waals surface area contributed by atoms with Crippen LogP contribution >= 0.6 is 11.8 Å². The molecule has 0 unspecified atom stereocenters. The molecule has 7 nitrogen and oxygen atoms in total. The molecule has 0 saturated heterocycles. The van der Waals surface area contributed by atoms with Crippen molar-refractivity contribution in [1.82, 2.24) is 20.0 Å². The van der Waals surface area contributed by atoms with E-state index < -0.39 is 11.1 Å². The Bertz CT molecular complexity index is 953. The number of halogens is 1. The van der Waals surface area contributed by atoms with Crippen LogP contribution in [0.3, 0.4) is 0 Å². The first-order chi connectivity index (χ1) is 12.4. The number of rotatable bonds is 5. The van der Waals surface area contributed by atoms with Gasteiger partial charge in [0.25, 0.3) is 11.1 Å². The number of amides is 1. The number of anilines is 1. The van der Waals surface area contributed by atoms with Gasteiger partial charge in [0, 0.05) is 7.05 Å². The molecule has 1 aromatic carbocycles. The van der Waals surface area contributed by atoms with Gasteiger partial charge >= 0.3 is 0 Å². The second-order valence-corrected chi connectivity index (χ2v) is 7.06. The van der Waals surface area contributed by atoms with Crippen molar-refractivity contribution in [3.8, 4) is 11.5 Å². The molecule has 1 amide bonds. The van der Waals surface area contributed by atoms with Crippen LogP contribution in [0.1, 0.15) is 18.3 Å². The normalized spacial score (nSPS) is 12.2. The molecule has 2 aromatic heterocycles. The second-order valence-electron chi connectivity index (χ2n) is 5.77. The number of hydrogen-bond donors (Lipinski definition) is 1. The third-order valence-electron chi connectivity index (χ3n) is 3.91. The maximum absolute atomic E-state index is 13.8. The summed E-state index contributed by atoms with van der Waals surface area (Å²) in [4.78, 5) is 12.4. The lowest BCUT2D eigenvalue weighted by atomic mass is 10.2. The number of aromatic nitrogens is 4. The number of benzene rings is 1. The van der Waals surface area contributed by atoms with E-state index in [0.717, 1.165) is 23.1 Å². The standard InChI is InChI=1S/C17H18FN5O2S/c1-9-14(10(2)23(4)22-9)19-15(24)11(3)26-17-21-20-16(25-17)12-7-5-6-8-13(12)18/h5-8,11H,1-4H3,(H,19,24)/t11-/m0/s1. The van der Waals surface area contributed by atoms with Crippen LogP contribution in [-0.2, 0) is 11.8 Å². The molecular formula is C17H18FN5O2S. The van der Waals surface area contributed by atoms with Crippen LogP contribution in [0.2, 0.25) is 0 Å². The number of carbonyl (C=O) groups excluding carboxylic acids is 1. The van der Waals surface area contributed by atoms with Crippen LogP contribution in [0.25, 0.3) is 11.5 Å². The minimum absolute atomic E-state index is 0.0807. The zero-order chi connectivity index (χ0) is 18.8. The number of thioether (sulfide) groups is 1. The fourth-order valence-corrected chi connectivity index (χ4v) is 3.07. The Morgan fingerprint density at radius 2 is 2.04 bits per heavy atom. The van der Waals surface area contributed by atoms with E-state index in [4.69, 9.17) is 4.42 Å². The quantitative estimate of drug-likeness (QED) is 0.689. The van der Waals surface area contributed by atoms with E-state index in [1.165, 1.54) is 6.07 Å². The van der Waals surface area contributed by atoms with E-state index in [-0.39, 0.29) is 22.6 Å². The fraction of sp³-hybridized carbons (Fsp3) is 0.294. The summed E-state index contributed by atoms with van der Waals surface area (Å²) in [5.74, 6) is -0.571. The lowest BCUT2D eigenvalue weighted by Gasteiger charge is -2.10. The number of nitrogens with zero attached hydrogens (tertiary/aromatic N) is 4. The van der Waals surface area contributed by atoms with Gasteiger partial charge in [-0.2, -0.15) is 5.10 Å². The van der Waals surface area contributed by atoms with Gasteiger partial charge in [-0.25, -0.2) is 4.39 Å². The molecule has 1 N–H and O–H groups in total. The Hall–Kier alpha value is -2.68. The summed E-state index contributed by atoms with van der Waals surface area (Å²) in [5.41, 5.74) is 2.54. The van der Waals surface area contributed by atoms with Gasteiger partial charge in [0.1, 0.15) is 5.82 Å². The zero-order valence-corrected chi connectivity index (χ0v) is 15.6. The summed E-state index contributed by atoms with van der Waals surface area (Å²) >= 11 is 1.11. The number of nitrogens with one attached hydrogen (secondary N) is 1. The average molecular weight is 375 g/mol. The summed E-state index contributed by atoms with van der Waals surface area (Å²) in [6, 6.07) is 6.14. The van der Waals surface area contributed by atoms with Crippen molar-refractivity contribution >= 4 is 23.4 Å². The molecule has 9 heteroatoms. The molecule has 3 rings (SSSR count). The number of carbonyl (C=O) groups is 1. The van der Waals surface area contributed by atoms with Crippen molar-refractivity contribution in [1.29, 1.82) is 0 Å². The van der Waals surface area contributed by atoms with Crippen molar-refractivity contribution in [2.24, 2.45) is 7.05 Å². The summed E-state index contributed by atoms with van der Waals surface area (Å²) in [5, 5.41) is 14.6. The van der Waals surface area contributed by atoms with Gasteiger partial charge in [0.15, 0.2) is 0 Å². The molecule has 1 atom stereocenters. The average Bonchev–Trinajstić information content (AvgIpc) is 3.15. The number of hydrogen-bond acceptors (Lipinski definition) is 6. The van der Waals surface area contributed by atoms with Crippen molar-refractivity contribution in [2.75, 3.05) is 5.32 Å². The highest BCUT2D eigenvalue weighted by Gasteiger charge is 2.21. The van der Waals surface area contributed by atoms with Gasteiger partial charge in [-0.3, -0.25) is 9.48 Å². The first-order valence-electron chi connectivity index (χ1n) is 7.93. The van der Waals surface area contributed by atoms with Crippen LogP contribution in [0.5, 0.6) is 0 Å². The Labute approximate surface area is 154 Å². The highest BCUT2D eigenvalue weighted by atomic mass is 32.2. The van der Waals surface area contributed by atoms with Crippen molar-refractivity contribution in [2.45, 2.75) is 31.2 Å². The largest absolute Gasteiger partial charge is 0.411 e. The van der Waals surface area contributed by atoms with E-state index in [0.29, 0.717) is 5.69 Å². The van der Waals surface area contributed by atoms with E-state index >= 15 is 0 Å². The molecule has 3 aromatic rings. The van der Waals surface area contributed by atoms with Gasteiger partial charge in [0.2, 0.25) is 5.91 Å². The maximum Gasteiger partial charge on any atom is 0.277 e. The Balaban J connectivity index is 1.69. The summed E-state index contributed by atoms with van der Waals surface area (Å²) < 4.78 is 21.0. The summed E-state index contributed by atoms with van der Waals surface area (Å²) in [6.45, 7) is 5.44. The fourth-order valence-electron chi connectivity index (χ4n) is 2.38. The van der Waals surface area contributed by atoms with Crippen molar-refractivity contribution < 1.29 is 13.6 Å². The molecule has 0 fully saturated rings. The molecule has 0 aliphatic rings. The highest BCUT2D eigenvalue weighted by molar-refractivity contribution is 8.00. The minimum Gasteiger partial charge on any atom is -0.411 e. The zero-order valence-electron chi connectivity index (χ0n) is 14.8. The minimum atomic E-state index is -0.483. The molecule has 0 bridgehead atoms. The lowest BCUT2D eigenvalue weighted by molar-refractivity contribution is -0.115.